The average Bonchev–Trinajstić information content (AvgIpc) is 2.55. The molecular weight excluding hydrogens is 325 g/mol. The first-order chi connectivity index (χ1) is 11.9. The van der Waals surface area contributed by atoms with E-state index in [-0.39, 0.29) is 43.1 Å². The van der Waals surface area contributed by atoms with Gasteiger partial charge in [0.1, 0.15) is 5.82 Å². The van der Waals surface area contributed by atoms with E-state index >= 15 is 0 Å². The van der Waals surface area contributed by atoms with Crippen LogP contribution in [-0.2, 0) is 19.1 Å². The fraction of sp³-hybridized carbons (Fsp3) is 0.579. The van der Waals surface area contributed by atoms with Crippen LogP contribution in [0.5, 0.6) is 0 Å². The molecule has 0 radical (unpaired) electrons. The van der Waals surface area contributed by atoms with E-state index in [1.807, 2.05) is 13.8 Å². The summed E-state index contributed by atoms with van der Waals surface area (Å²) in [5, 5.41) is 3.29. The highest BCUT2D eigenvalue weighted by atomic mass is 19.1. The van der Waals surface area contributed by atoms with Gasteiger partial charge in [-0.1, -0.05) is 12.1 Å². The van der Waals surface area contributed by atoms with Gasteiger partial charge in [0.2, 0.25) is 0 Å². The van der Waals surface area contributed by atoms with Crippen LogP contribution in [0.4, 0.5) is 4.39 Å². The van der Waals surface area contributed by atoms with E-state index in [1.165, 1.54) is 12.1 Å². The normalized spacial score (nSPS) is 29.1. The zero-order chi connectivity index (χ0) is 18.6. The van der Waals surface area contributed by atoms with E-state index in [0.29, 0.717) is 0 Å². The Kier molecular flexibility index (Phi) is 6.53. The number of rotatable bonds is 5. The maximum absolute atomic E-state index is 13.4. The summed E-state index contributed by atoms with van der Waals surface area (Å²) in [5.74, 6) is -2.65. The summed E-state index contributed by atoms with van der Waals surface area (Å²) in [6.07, 6.45) is 0. The molecular formula is C19H26FNO4. The maximum atomic E-state index is 13.4. The number of esters is 2. The summed E-state index contributed by atoms with van der Waals surface area (Å²) in [7, 11) is 0. The van der Waals surface area contributed by atoms with Gasteiger partial charge in [0.05, 0.1) is 25.0 Å². The number of halogens is 1. The highest BCUT2D eigenvalue weighted by Crippen LogP contribution is 2.41. The monoisotopic (exact) mass is 351 g/mol. The van der Waals surface area contributed by atoms with Crippen LogP contribution in [0.3, 0.4) is 0 Å². The van der Waals surface area contributed by atoms with Crippen molar-refractivity contribution in [1.29, 1.82) is 0 Å². The van der Waals surface area contributed by atoms with Gasteiger partial charge in [0.15, 0.2) is 0 Å². The third-order valence-corrected chi connectivity index (χ3v) is 4.75. The summed E-state index contributed by atoms with van der Waals surface area (Å²) >= 11 is 0. The van der Waals surface area contributed by atoms with Crippen LogP contribution in [-0.4, -0.2) is 37.2 Å². The number of carbonyl (C=O) groups is 2. The number of hydrogen-bond donors (Lipinski definition) is 1. The Balaban J connectivity index is 2.49. The van der Waals surface area contributed by atoms with Crippen molar-refractivity contribution in [2.45, 2.75) is 45.7 Å². The molecule has 25 heavy (non-hydrogen) atoms. The fourth-order valence-corrected chi connectivity index (χ4v) is 3.75. The smallest absolute Gasteiger partial charge is 0.311 e. The van der Waals surface area contributed by atoms with Crippen LogP contribution < -0.4 is 5.32 Å². The van der Waals surface area contributed by atoms with Crippen molar-refractivity contribution in [3.8, 4) is 0 Å². The van der Waals surface area contributed by atoms with Crippen LogP contribution in [0.1, 0.15) is 39.2 Å². The molecule has 0 spiro atoms. The SMILES string of the molecule is CCOC(=O)[C@H]1C(c2ccc(F)cc2)[C@H](C(=O)OCC)[C@H](C)N[C@H]1C. The van der Waals surface area contributed by atoms with Crippen LogP contribution in [0.25, 0.3) is 0 Å². The van der Waals surface area contributed by atoms with Gasteiger partial charge in [-0.2, -0.15) is 0 Å². The van der Waals surface area contributed by atoms with Crippen LogP contribution in [0, 0.1) is 17.7 Å². The molecule has 0 unspecified atom stereocenters. The molecule has 1 aromatic rings. The number of hydrogen-bond acceptors (Lipinski definition) is 5. The topological polar surface area (TPSA) is 64.6 Å². The molecule has 1 saturated heterocycles. The van der Waals surface area contributed by atoms with E-state index in [1.54, 1.807) is 26.0 Å². The molecule has 0 bridgehead atoms. The lowest BCUT2D eigenvalue weighted by Crippen LogP contribution is -2.58. The fourth-order valence-electron chi connectivity index (χ4n) is 3.75. The summed E-state index contributed by atoms with van der Waals surface area (Å²) in [5.41, 5.74) is 0.734. The summed E-state index contributed by atoms with van der Waals surface area (Å²) in [6, 6.07) is 5.57. The van der Waals surface area contributed by atoms with Gasteiger partial charge >= 0.3 is 11.9 Å². The number of nitrogens with one attached hydrogen (secondary N) is 1. The largest absolute Gasteiger partial charge is 0.466 e. The molecule has 1 aliphatic heterocycles. The maximum Gasteiger partial charge on any atom is 0.311 e. The summed E-state index contributed by atoms with van der Waals surface area (Å²) < 4.78 is 23.9. The molecule has 4 atom stereocenters. The third-order valence-electron chi connectivity index (χ3n) is 4.75. The molecule has 138 valence electrons. The molecule has 1 aliphatic rings. The molecule has 1 fully saturated rings. The van der Waals surface area contributed by atoms with Crippen molar-refractivity contribution in [2.24, 2.45) is 11.8 Å². The predicted octanol–water partition coefficient (Wildman–Crippen LogP) is 2.65. The molecule has 0 amide bonds. The molecule has 1 aromatic carbocycles. The Morgan fingerprint density at radius 2 is 1.40 bits per heavy atom. The summed E-state index contributed by atoms with van der Waals surface area (Å²) in [6.45, 7) is 7.82. The Labute approximate surface area is 147 Å². The van der Waals surface area contributed by atoms with Gasteiger partial charge in [0, 0.05) is 18.0 Å². The standard InChI is InChI=1S/C19H26FNO4/c1-5-24-18(22)15-11(3)21-12(4)16(19(23)25-6-2)17(15)13-7-9-14(20)10-8-13/h7-12,15-17,21H,5-6H2,1-4H3/t11-,12-,15+,16+/m0/s1. The van der Waals surface area contributed by atoms with E-state index in [9.17, 15) is 14.0 Å². The van der Waals surface area contributed by atoms with Crippen molar-refractivity contribution in [2.75, 3.05) is 13.2 Å². The first-order valence-corrected chi connectivity index (χ1v) is 8.75. The third kappa shape index (κ3) is 4.18. The molecule has 0 aromatic heterocycles. The van der Waals surface area contributed by atoms with E-state index < -0.39 is 17.8 Å². The van der Waals surface area contributed by atoms with E-state index in [2.05, 4.69) is 5.32 Å². The second kappa shape index (κ2) is 8.43. The molecule has 1 N–H and O–H groups in total. The number of piperidine rings is 1. The predicted molar refractivity (Wildman–Crippen MR) is 91.4 cm³/mol. The highest BCUT2D eigenvalue weighted by molar-refractivity contribution is 5.80. The minimum atomic E-state index is -0.559. The minimum absolute atomic E-state index is 0.185. The second-order valence-electron chi connectivity index (χ2n) is 6.38. The number of carbonyl (C=O) groups excluding carboxylic acids is 2. The first-order valence-electron chi connectivity index (χ1n) is 8.75. The zero-order valence-corrected chi connectivity index (χ0v) is 15.1. The van der Waals surface area contributed by atoms with Crippen LogP contribution in [0.15, 0.2) is 24.3 Å². The number of ether oxygens (including phenoxy) is 2. The van der Waals surface area contributed by atoms with Gasteiger partial charge in [-0.25, -0.2) is 4.39 Å². The van der Waals surface area contributed by atoms with Crippen LogP contribution >= 0.6 is 0 Å². The Bertz CT molecular complexity index is 574. The molecule has 5 nitrogen and oxygen atoms in total. The van der Waals surface area contributed by atoms with Crippen molar-refractivity contribution < 1.29 is 23.5 Å². The Morgan fingerprint density at radius 3 is 1.80 bits per heavy atom. The lowest BCUT2D eigenvalue weighted by Gasteiger charge is -2.44. The zero-order valence-electron chi connectivity index (χ0n) is 15.1. The highest BCUT2D eigenvalue weighted by Gasteiger charge is 2.49. The molecule has 6 heteroatoms. The van der Waals surface area contributed by atoms with Crippen molar-refractivity contribution in [3.63, 3.8) is 0 Å². The number of benzene rings is 1. The lowest BCUT2D eigenvalue weighted by atomic mass is 9.68. The average molecular weight is 351 g/mol. The molecule has 2 rings (SSSR count). The van der Waals surface area contributed by atoms with E-state index in [0.717, 1.165) is 5.56 Å². The van der Waals surface area contributed by atoms with E-state index in [4.69, 9.17) is 9.47 Å². The second-order valence-corrected chi connectivity index (χ2v) is 6.38. The van der Waals surface area contributed by atoms with Crippen molar-refractivity contribution in [3.05, 3.63) is 35.6 Å². The minimum Gasteiger partial charge on any atom is -0.466 e. The van der Waals surface area contributed by atoms with Gasteiger partial charge in [0.25, 0.3) is 0 Å². The molecule has 1 heterocycles. The van der Waals surface area contributed by atoms with Gasteiger partial charge in [-0.3, -0.25) is 9.59 Å². The quantitative estimate of drug-likeness (QED) is 0.826. The lowest BCUT2D eigenvalue weighted by molar-refractivity contribution is -0.158. The first kappa shape index (κ1) is 19.4. The Hall–Kier alpha value is -1.95. The summed E-state index contributed by atoms with van der Waals surface area (Å²) in [4.78, 5) is 25.2. The molecule has 0 saturated carbocycles. The van der Waals surface area contributed by atoms with Gasteiger partial charge in [-0.15, -0.1) is 0 Å². The van der Waals surface area contributed by atoms with Crippen molar-refractivity contribution in [1.82, 2.24) is 5.32 Å². The van der Waals surface area contributed by atoms with Crippen LogP contribution in [0.2, 0.25) is 0 Å². The molecule has 0 aliphatic carbocycles. The van der Waals surface area contributed by atoms with Gasteiger partial charge < -0.3 is 14.8 Å². The van der Waals surface area contributed by atoms with Gasteiger partial charge in [-0.05, 0) is 45.4 Å². The Morgan fingerprint density at radius 1 is 0.960 bits per heavy atom. The van der Waals surface area contributed by atoms with Crippen molar-refractivity contribution >= 4 is 11.9 Å².